The molecule has 0 bridgehead atoms. The van der Waals surface area contributed by atoms with Crippen LogP contribution < -0.4 is 0 Å². The van der Waals surface area contributed by atoms with Crippen LogP contribution in [-0.4, -0.2) is 33.7 Å². The van der Waals surface area contributed by atoms with Crippen LogP contribution in [-0.2, 0) is 16.3 Å². The maximum atomic E-state index is 5.33. The van der Waals surface area contributed by atoms with E-state index in [0.717, 1.165) is 16.8 Å². The molecular formula is C15H19N5O2. The summed E-state index contributed by atoms with van der Waals surface area (Å²) in [4.78, 5) is 14.6. The number of nitrogens with one attached hydrogen (secondary N) is 1. The van der Waals surface area contributed by atoms with E-state index in [1.165, 1.54) is 7.11 Å². The molecule has 0 aliphatic carbocycles. The van der Waals surface area contributed by atoms with Gasteiger partial charge in [0.2, 0.25) is 5.82 Å². The van der Waals surface area contributed by atoms with Gasteiger partial charge in [0, 0.05) is 11.1 Å². The van der Waals surface area contributed by atoms with Crippen molar-refractivity contribution in [2.24, 2.45) is 10.3 Å². The number of aromatic nitrogens is 3. The Hall–Kier alpha value is -2.70. The van der Waals surface area contributed by atoms with Crippen molar-refractivity contribution in [1.29, 1.82) is 0 Å². The Bertz CT molecular complexity index is 687. The summed E-state index contributed by atoms with van der Waals surface area (Å²) in [5, 5.41) is 15.0. The van der Waals surface area contributed by atoms with Gasteiger partial charge in [-0.3, -0.25) is 5.10 Å². The van der Waals surface area contributed by atoms with Crippen LogP contribution in [0.3, 0.4) is 0 Å². The minimum absolute atomic E-state index is 0.327. The number of hydrogen-bond acceptors (Lipinski definition) is 6. The lowest BCUT2D eigenvalue weighted by Gasteiger charge is -2.08. The van der Waals surface area contributed by atoms with Gasteiger partial charge in [0.05, 0.1) is 5.71 Å². The number of hydrogen-bond donors (Lipinski definition) is 1. The predicted molar refractivity (Wildman–Crippen MR) is 83.8 cm³/mol. The monoisotopic (exact) mass is 301 g/mol. The number of aromatic amines is 1. The van der Waals surface area contributed by atoms with Crippen LogP contribution in [0.5, 0.6) is 0 Å². The number of rotatable bonds is 6. The molecule has 22 heavy (non-hydrogen) atoms. The van der Waals surface area contributed by atoms with E-state index < -0.39 is 0 Å². The van der Waals surface area contributed by atoms with Crippen molar-refractivity contribution in [2.45, 2.75) is 27.4 Å². The molecule has 2 aromatic rings. The quantitative estimate of drug-likeness (QED) is 0.656. The molecule has 1 aromatic heterocycles. The van der Waals surface area contributed by atoms with Crippen molar-refractivity contribution < 1.29 is 9.68 Å². The second kappa shape index (κ2) is 7.35. The molecule has 0 fully saturated rings. The van der Waals surface area contributed by atoms with E-state index in [2.05, 4.69) is 25.5 Å². The summed E-state index contributed by atoms with van der Waals surface area (Å²) in [5.41, 5.74) is 3.16. The van der Waals surface area contributed by atoms with Gasteiger partial charge in [-0.1, -0.05) is 34.6 Å². The van der Waals surface area contributed by atoms with E-state index in [0.29, 0.717) is 24.0 Å². The molecule has 0 amide bonds. The smallest absolute Gasteiger partial charge is 0.203 e. The molecular weight excluding hydrogens is 282 g/mol. The van der Waals surface area contributed by atoms with Gasteiger partial charge >= 0.3 is 0 Å². The Balaban J connectivity index is 2.36. The molecule has 0 spiro atoms. The molecule has 0 aliphatic rings. The van der Waals surface area contributed by atoms with E-state index in [-0.39, 0.29) is 0 Å². The molecule has 0 aliphatic heterocycles. The second-order valence-corrected chi connectivity index (χ2v) is 4.84. The summed E-state index contributed by atoms with van der Waals surface area (Å²) in [6, 6.07) is 7.71. The summed E-state index contributed by atoms with van der Waals surface area (Å²) in [7, 11) is 1.49. The van der Waals surface area contributed by atoms with Crippen LogP contribution >= 0.6 is 0 Å². The van der Waals surface area contributed by atoms with Crippen molar-refractivity contribution in [3.63, 3.8) is 0 Å². The predicted octanol–water partition coefficient (Wildman–Crippen LogP) is 2.42. The number of benzene rings is 1. The van der Waals surface area contributed by atoms with Crippen molar-refractivity contribution in [2.75, 3.05) is 7.11 Å². The Kier molecular flexibility index (Phi) is 5.24. The summed E-state index contributed by atoms with van der Waals surface area (Å²) in [6.45, 7) is 5.91. The van der Waals surface area contributed by atoms with Crippen molar-refractivity contribution in [3.05, 3.63) is 47.0 Å². The minimum Gasteiger partial charge on any atom is -0.399 e. The van der Waals surface area contributed by atoms with Crippen molar-refractivity contribution in [1.82, 2.24) is 15.2 Å². The van der Waals surface area contributed by atoms with E-state index in [9.17, 15) is 0 Å². The van der Waals surface area contributed by atoms with Crippen LogP contribution in [0.2, 0.25) is 0 Å². The van der Waals surface area contributed by atoms with Gasteiger partial charge in [-0.25, -0.2) is 4.98 Å². The molecule has 1 heterocycles. The van der Waals surface area contributed by atoms with Crippen molar-refractivity contribution in [3.8, 4) is 0 Å². The summed E-state index contributed by atoms with van der Waals surface area (Å²) in [5.74, 6) is 1.18. The van der Waals surface area contributed by atoms with Gasteiger partial charge in [0.15, 0.2) is 5.71 Å². The summed E-state index contributed by atoms with van der Waals surface area (Å²) in [6.07, 6.45) is 0. The SMILES string of the molecule is CON=C(c1n[nH]c(C)n1)c1ccccc1CON=C(C)C. The highest BCUT2D eigenvalue weighted by molar-refractivity contribution is 6.11. The van der Waals surface area contributed by atoms with Gasteiger partial charge in [0.1, 0.15) is 19.5 Å². The number of aryl methyl sites for hydroxylation is 1. The minimum atomic E-state index is 0.327. The van der Waals surface area contributed by atoms with E-state index in [1.54, 1.807) is 0 Å². The average molecular weight is 301 g/mol. The van der Waals surface area contributed by atoms with Gasteiger partial charge in [-0.05, 0) is 20.8 Å². The average Bonchev–Trinajstić information content (AvgIpc) is 2.91. The lowest BCUT2D eigenvalue weighted by atomic mass is 10.0. The Morgan fingerprint density at radius 2 is 2.00 bits per heavy atom. The molecule has 0 radical (unpaired) electrons. The molecule has 0 saturated heterocycles. The largest absolute Gasteiger partial charge is 0.399 e. The normalized spacial score (nSPS) is 11.2. The van der Waals surface area contributed by atoms with Crippen LogP contribution in [0, 0.1) is 6.92 Å². The van der Waals surface area contributed by atoms with Gasteiger partial charge in [-0.2, -0.15) is 5.10 Å². The van der Waals surface area contributed by atoms with Gasteiger partial charge < -0.3 is 9.68 Å². The zero-order valence-electron chi connectivity index (χ0n) is 13.1. The van der Waals surface area contributed by atoms with E-state index in [1.807, 2.05) is 45.0 Å². The molecule has 7 heteroatoms. The first kappa shape index (κ1) is 15.7. The third kappa shape index (κ3) is 3.91. The highest BCUT2D eigenvalue weighted by Crippen LogP contribution is 2.15. The maximum absolute atomic E-state index is 5.33. The van der Waals surface area contributed by atoms with Crippen LogP contribution in [0.15, 0.2) is 34.6 Å². The third-order valence-electron chi connectivity index (χ3n) is 2.73. The molecule has 7 nitrogen and oxygen atoms in total. The number of nitrogens with zero attached hydrogens (tertiary/aromatic N) is 4. The highest BCUT2D eigenvalue weighted by atomic mass is 16.6. The first-order valence-electron chi connectivity index (χ1n) is 6.83. The Morgan fingerprint density at radius 1 is 1.23 bits per heavy atom. The molecule has 1 aromatic carbocycles. The lowest BCUT2D eigenvalue weighted by molar-refractivity contribution is 0.130. The van der Waals surface area contributed by atoms with Crippen LogP contribution in [0.1, 0.15) is 36.6 Å². The van der Waals surface area contributed by atoms with Crippen LogP contribution in [0.4, 0.5) is 0 Å². The summed E-state index contributed by atoms with van der Waals surface area (Å²) >= 11 is 0. The second-order valence-electron chi connectivity index (χ2n) is 4.84. The van der Waals surface area contributed by atoms with Crippen LogP contribution in [0.25, 0.3) is 0 Å². The zero-order valence-corrected chi connectivity index (χ0v) is 13.1. The Morgan fingerprint density at radius 3 is 2.64 bits per heavy atom. The zero-order chi connectivity index (χ0) is 15.9. The number of oxime groups is 2. The molecule has 0 saturated carbocycles. The van der Waals surface area contributed by atoms with Gasteiger partial charge in [-0.15, -0.1) is 0 Å². The Labute approximate surface area is 129 Å². The fraction of sp³-hybridized carbons (Fsp3) is 0.333. The topological polar surface area (TPSA) is 84.8 Å². The highest BCUT2D eigenvalue weighted by Gasteiger charge is 2.16. The third-order valence-corrected chi connectivity index (χ3v) is 2.73. The fourth-order valence-corrected chi connectivity index (χ4v) is 1.86. The van der Waals surface area contributed by atoms with E-state index >= 15 is 0 Å². The summed E-state index contributed by atoms with van der Waals surface area (Å²) < 4.78 is 0. The standard InChI is InChI=1S/C15H19N5O2/c1-10(2)19-22-9-12-7-5-6-8-13(12)14(20-21-4)15-16-11(3)17-18-15/h5-8H,9H2,1-4H3,(H,16,17,18). The maximum Gasteiger partial charge on any atom is 0.203 e. The fourth-order valence-electron chi connectivity index (χ4n) is 1.86. The number of H-pyrrole nitrogens is 1. The molecule has 0 atom stereocenters. The lowest BCUT2D eigenvalue weighted by Crippen LogP contribution is -2.10. The first-order chi connectivity index (χ1) is 10.6. The molecule has 0 unspecified atom stereocenters. The first-order valence-corrected chi connectivity index (χ1v) is 6.83. The molecule has 116 valence electrons. The molecule has 2 rings (SSSR count). The molecule has 1 N–H and O–H groups in total. The van der Waals surface area contributed by atoms with Crippen molar-refractivity contribution >= 4 is 11.4 Å². The van der Waals surface area contributed by atoms with Gasteiger partial charge in [0.25, 0.3) is 0 Å². The van der Waals surface area contributed by atoms with E-state index in [4.69, 9.17) is 9.68 Å².